The van der Waals surface area contributed by atoms with E-state index < -0.39 is 12.5 Å². The molecular weight excluding hydrogens is 325 g/mol. The Hall–Kier alpha value is -3.17. The largest absolute Gasteiger partial charge is 0.333 e. The van der Waals surface area contributed by atoms with Crippen molar-refractivity contribution in [1.29, 1.82) is 0 Å². The van der Waals surface area contributed by atoms with Gasteiger partial charge in [0.05, 0.1) is 6.54 Å². The molecule has 2 aromatic heterocycles. The van der Waals surface area contributed by atoms with Gasteiger partial charge in [0.2, 0.25) is 5.95 Å². The molecule has 0 saturated heterocycles. The van der Waals surface area contributed by atoms with Crippen LogP contribution >= 0.6 is 0 Å². The molecule has 0 spiro atoms. The van der Waals surface area contributed by atoms with Crippen LogP contribution < -0.4 is 5.32 Å². The maximum Gasteiger partial charge on any atom is 0.333 e. The molecule has 1 amide bonds. The van der Waals surface area contributed by atoms with Gasteiger partial charge in [-0.1, -0.05) is 18.2 Å². The van der Waals surface area contributed by atoms with Crippen molar-refractivity contribution in [3.8, 4) is 0 Å². The van der Waals surface area contributed by atoms with E-state index >= 15 is 0 Å². The molecule has 1 N–H and O–H groups in total. The van der Waals surface area contributed by atoms with Gasteiger partial charge in [0.15, 0.2) is 5.69 Å². The molecule has 10 heteroatoms. The van der Waals surface area contributed by atoms with E-state index in [0.717, 1.165) is 12.3 Å². The summed E-state index contributed by atoms with van der Waals surface area (Å²) in [6.07, 6.45) is 2.31. The predicted octanol–water partition coefficient (Wildman–Crippen LogP) is 2.31. The maximum atomic E-state index is 13.6. The summed E-state index contributed by atoms with van der Waals surface area (Å²) in [6.45, 7) is -2.69. The minimum absolute atomic E-state index is 0.0389. The minimum atomic E-state index is -2.83. The van der Waals surface area contributed by atoms with E-state index in [1.165, 1.54) is 17.1 Å². The molecule has 0 radical (unpaired) electrons. The first kappa shape index (κ1) is 15.7. The molecule has 1 aromatic carbocycles. The Morgan fingerprint density at radius 1 is 1.21 bits per heavy atom. The highest BCUT2D eigenvalue weighted by molar-refractivity contribution is 6.01. The molecule has 0 saturated carbocycles. The van der Waals surface area contributed by atoms with Crippen LogP contribution in [0, 0.1) is 5.82 Å². The van der Waals surface area contributed by atoms with E-state index in [9.17, 15) is 18.0 Å². The van der Waals surface area contributed by atoms with Crippen LogP contribution in [-0.4, -0.2) is 30.5 Å². The first-order valence-electron chi connectivity index (χ1n) is 6.80. The number of hydrogen-bond donors (Lipinski definition) is 1. The molecule has 7 nitrogen and oxygen atoms in total. The number of rotatable bonds is 5. The lowest BCUT2D eigenvalue weighted by Crippen LogP contribution is -2.15. The third-order valence-electron chi connectivity index (χ3n) is 3.09. The lowest BCUT2D eigenvalue weighted by molar-refractivity contribution is 0.0561. The second-order valence-corrected chi connectivity index (χ2v) is 4.77. The number of anilines is 1. The fourth-order valence-corrected chi connectivity index (χ4v) is 1.96. The molecule has 0 atom stereocenters. The standard InChI is InChI=1S/C14H11F3N6O/c15-10-4-2-1-3-9(10)7-22-8-18-14(21-22)19-12(24)11-5-6-23(20-11)13(16)17/h1-6,8,13H,7H2,(H,19,21,24). The van der Waals surface area contributed by atoms with Gasteiger partial charge in [0.25, 0.3) is 5.91 Å². The first-order chi connectivity index (χ1) is 11.5. The molecule has 0 aliphatic heterocycles. The second-order valence-electron chi connectivity index (χ2n) is 4.77. The van der Waals surface area contributed by atoms with Crippen LogP contribution in [0.3, 0.4) is 0 Å². The van der Waals surface area contributed by atoms with Gasteiger partial charge < -0.3 is 0 Å². The van der Waals surface area contributed by atoms with Crippen LogP contribution in [0.1, 0.15) is 22.6 Å². The monoisotopic (exact) mass is 336 g/mol. The van der Waals surface area contributed by atoms with Gasteiger partial charge in [0.1, 0.15) is 12.1 Å². The zero-order valence-corrected chi connectivity index (χ0v) is 12.1. The smallest absolute Gasteiger partial charge is 0.288 e. The van der Waals surface area contributed by atoms with Gasteiger partial charge in [0, 0.05) is 11.8 Å². The highest BCUT2D eigenvalue weighted by Gasteiger charge is 2.15. The number of aromatic nitrogens is 5. The van der Waals surface area contributed by atoms with E-state index in [1.54, 1.807) is 18.2 Å². The summed E-state index contributed by atoms with van der Waals surface area (Å²) in [5.74, 6) is -1.14. The van der Waals surface area contributed by atoms with Crippen molar-refractivity contribution >= 4 is 11.9 Å². The summed E-state index contributed by atoms with van der Waals surface area (Å²) >= 11 is 0. The van der Waals surface area contributed by atoms with Gasteiger partial charge in [-0.2, -0.15) is 13.9 Å². The Morgan fingerprint density at radius 2 is 2.00 bits per heavy atom. The Labute approximate surface area is 133 Å². The molecule has 0 unspecified atom stereocenters. The van der Waals surface area contributed by atoms with Gasteiger partial charge in [-0.25, -0.2) is 18.7 Å². The summed E-state index contributed by atoms with van der Waals surface area (Å²) in [7, 11) is 0. The van der Waals surface area contributed by atoms with Crippen molar-refractivity contribution in [3.05, 3.63) is 59.9 Å². The quantitative estimate of drug-likeness (QED) is 0.776. The van der Waals surface area contributed by atoms with E-state index in [2.05, 4.69) is 20.5 Å². The molecule has 124 valence electrons. The van der Waals surface area contributed by atoms with Crippen LogP contribution in [-0.2, 0) is 6.54 Å². The summed E-state index contributed by atoms with van der Waals surface area (Å²) in [4.78, 5) is 15.8. The van der Waals surface area contributed by atoms with Crippen molar-refractivity contribution in [2.75, 3.05) is 5.32 Å². The van der Waals surface area contributed by atoms with Crippen molar-refractivity contribution in [2.45, 2.75) is 13.1 Å². The SMILES string of the molecule is O=C(Nc1ncn(Cc2ccccc2F)n1)c1ccn(C(F)F)n1. The highest BCUT2D eigenvalue weighted by Crippen LogP contribution is 2.11. The number of amides is 1. The molecule has 3 rings (SSSR count). The molecule has 3 aromatic rings. The van der Waals surface area contributed by atoms with Crippen LogP contribution in [0.4, 0.5) is 19.1 Å². The lowest BCUT2D eigenvalue weighted by atomic mass is 10.2. The van der Waals surface area contributed by atoms with Crippen molar-refractivity contribution < 1.29 is 18.0 Å². The van der Waals surface area contributed by atoms with E-state index in [4.69, 9.17) is 0 Å². The number of carbonyl (C=O) groups excluding carboxylic acids is 1. The summed E-state index contributed by atoms with van der Waals surface area (Å²) in [6, 6.07) is 7.35. The Morgan fingerprint density at radius 3 is 2.71 bits per heavy atom. The third-order valence-corrected chi connectivity index (χ3v) is 3.09. The highest BCUT2D eigenvalue weighted by atomic mass is 19.3. The van der Waals surface area contributed by atoms with Crippen molar-refractivity contribution in [1.82, 2.24) is 24.5 Å². The number of alkyl halides is 2. The van der Waals surface area contributed by atoms with Crippen LogP contribution in [0.2, 0.25) is 0 Å². The Kier molecular flexibility index (Phi) is 4.27. The summed E-state index contributed by atoms with van der Waals surface area (Å²) in [5, 5.41) is 9.75. The average molecular weight is 336 g/mol. The predicted molar refractivity (Wildman–Crippen MR) is 77.0 cm³/mol. The Bertz CT molecular complexity index is 860. The molecular formula is C14H11F3N6O. The van der Waals surface area contributed by atoms with Gasteiger partial charge in [-0.15, -0.1) is 5.10 Å². The topological polar surface area (TPSA) is 77.6 Å². The molecule has 24 heavy (non-hydrogen) atoms. The Balaban J connectivity index is 1.67. The van der Waals surface area contributed by atoms with Crippen molar-refractivity contribution in [2.24, 2.45) is 0 Å². The minimum Gasteiger partial charge on any atom is -0.288 e. The fourth-order valence-electron chi connectivity index (χ4n) is 1.96. The fraction of sp³-hybridized carbons (Fsp3) is 0.143. The molecule has 0 fully saturated rings. The molecule has 0 aliphatic rings. The number of halogens is 3. The number of nitrogens with one attached hydrogen (secondary N) is 1. The second kappa shape index (κ2) is 6.52. The summed E-state index contributed by atoms with van der Waals surface area (Å²) < 4.78 is 40.1. The van der Waals surface area contributed by atoms with E-state index in [0.29, 0.717) is 10.2 Å². The zero-order valence-electron chi connectivity index (χ0n) is 12.1. The third kappa shape index (κ3) is 3.42. The van der Waals surface area contributed by atoms with E-state index in [-0.39, 0.29) is 24.0 Å². The number of nitrogens with zero attached hydrogens (tertiary/aromatic N) is 5. The van der Waals surface area contributed by atoms with E-state index in [1.807, 2.05) is 0 Å². The van der Waals surface area contributed by atoms with Gasteiger partial charge in [-0.3, -0.25) is 10.1 Å². The zero-order chi connectivity index (χ0) is 17.1. The van der Waals surface area contributed by atoms with Crippen LogP contribution in [0.5, 0.6) is 0 Å². The first-order valence-corrected chi connectivity index (χ1v) is 6.80. The molecule has 2 heterocycles. The van der Waals surface area contributed by atoms with Crippen LogP contribution in [0.15, 0.2) is 42.9 Å². The maximum absolute atomic E-state index is 13.6. The molecule has 0 bridgehead atoms. The van der Waals surface area contributed by atoms with Crippen molar-refractivity contribution in [3.63, 3.8) is 0 Å². The van der Waals surface area contributed by atoms with Crippen LogP contribution in [0.25, 0.3) is 0 Å². The number of benzene rings is 1. The normalized spacial score (nSPS) is 11.0. The number of hydrogen-bond acceptors (Lipinski definition) is 4. The van der Waals surface area contributed by atoms with Gasteiger partial charge in [-0.05, 0) is 12.1 Å². The molecule has 0 aliphatic carbocycles. The van der Waals surface area contributed by atoms with Gasteiger partial charge >= 0.3 is 6.55 Å². The summed E-state index contributed by atoms with van der Waals surface area (Å²) in [5.41, 5.74) is 0.219. The number of carbonyl (C=O) groups is 1. The average Bonchev–Trinajstić information content (AvgIpc) is 3.19. The lowest BCUT2D eigenvalue weighted by Gasteiger charge is -2.02.